The predicted molar refractivity (Wildman–Crippen MR) is 115 cm³/mol. The second kappa shape index (κ2) is 9.88. The van der Waals surface area contributed by atoms with Gasteiger partial charge >= 0.3 is 5.97 Å². The molecule has 3 nitrogen and oxygen atoms in total. The van der Waals surface area contributed by atoms with Crippen LogP contribution in [0.15, 0.2) is 48.5 Å². The van der Waals surface area contributed by atoms with E-state index in [2.05, 4.69) is 49.1 Å². The third-order valence-electron chi connectivity index (χ3n) is 5.76. The fourth-order valence-electron chi connectivity index (χ4n) is 4.31. The van der Waals surface area contributed by atoms with Crippen molar-refractivity contribution in [2.45, 2.75) is 71.5 Å². The van der Waals surface area contributed by atoms with Gasteiger partial charge in [0.15, 0.2) is 0 Å². The minimum Gasteiger partial charge on any atom is -0.462 e. The van der Waals surface area contributed by atoms with Crippen LogP contribution in [-0.4, -0.2) is 29.6 Å². The van der Waals surface area contributed by atoms with Gasteiger partial charge in [0.1, 0.15) is 0 Å². The topological polar surface area (TPSA) is 29.5 Å². The van der Waals surface area contributed by atoms with E-state index in [0.717, 1.165) is 6.54 Å². The molecule has 3 rings (SSSR count). The Hall–Kier alpha value is -2.13. The van der Waals surface area contributed by atoms with Crippen molar-refractivity contribution in [1.82, 2.24) is 4.90 Å². The Morgan fingerprint density at radius 3 is 2.43 bits per heavy atom. The minimum absolute atomic E-state index is 0.239. The molecule has 3 heteroatoms. The Labute approximate surface area is 169 Å². The van der Waals surface area contributed by atoms with Crippen LogP contribution in [0.2, 0.25) is 0 Å². The molecular weight excluding hydrogens is 346 g/mol. The lowest BCUT2D eigenvalue weighted by molar-refractivity contribution is 0.0526. The summed E-state index contributed by atoms with van der Waals surface area (Å²) in [6.07, 6.45) is 6.55. The summed E-state index contributed by atoms with van der Waals surface area (Å²) in [7, 11) is 0. The summed E-state index contributed by atoms with van der Waals surface area (Å²) in [6, 6.07) is 17.6. The van der Waals surface area contributed by atoms with Crippen molar-refractivity contribution in [3.05, 3.63) is 59.7 Å². The summed E-state index contributed by atoms with van der Waals surface area (Å²) in [5.74, 6) is -0.239. The quantitative estimate of drug-likeness (QED) is 0.547. The smallest absolute Gasteiger partial charge is 0.338 e. The SMILES string of the molecule is CCOC(=O)c1ccc(-c2ccccc2)c(CN(C(C)C)C2CCCCC2)c1. The van der Waals surface area contributed by atoms with Gasteiger partial charge in [-0.2, -0.15) is 0 Å². The molecule has 2 aromatic rings. The van der Waals surface area contributed by atoms with Gasteiger partial charge in [0.25, 0.3) is 0 Å². The number of carbonyl (C=O) groups excluding carboxylic acids is 1. The highest BCUT2D eigenvalue weighted by Gasteiger charge is 2.24. The maximum atomic E-state index is 12.3. The van der Waals surface area contributed by atoms with E-state index in [0.29, 0.717) is 24.3 Å². The van der Waals surface area contributed by atoms with Crippen molar-refractivity contribution in [3.8, 4) is 11.1 Å². The second-order valence-corrected chi connectivity index (χ2v) is 8.02. The van der Waals surface area contributed by atoms with E-state index >= 15 is 0 Å². The molecule has 0 bridgehead atoms. The Balaban J connectivity index is 1.96. The van der Waals surface area contributed by atoms with Crippen LogP contribution in [0.25, 0.3) is 11.1 Å². The van der Waals surface area contributed by atoms with Crippen LogP contribution in [0.5, 0.6) is 0 Å². The molecule has 0 unspecified atom stereocenters. The maximum Gasteiger partial charge on any atom is 0.338 e. The number of nitrogens with zero attached hydrogens (tertiary/aromatic N) is 1. The third kappa shape index (κ3) is 5.02. The summed E-state index contributed by atoms with van der Waals surface area (Å²) < 4.78 is 5.24. The predicted octanol–water partition coefficient (Wildman–Crippen LogP) is 6.07. The molecule has 0 saturated heterocycles. The first kappa shape index (κ1) is 20.6. The number of benzene rings is 2. The average molecular weight is 380 g/mol. The fourth-order valence-corrected chi connectivity index (χ4v) is 4.31. The van der Waals surface area contributed by atoms with E-state index in [-0.39, 0.29) is 5.97 Å². The van der Waals surface area contributed by atoms with Crippen molar-refractivity contribution >= 4 is 5.97 Å². The highest BCUT2D eigenvalue weighted by molar-refractivity contribution is 5.90. The van der Waals surface area contributed by atoms with Gasteiger partial charge in [-0.05, 0) is 62.4 Å². The minimum atomic E-state index is -0.239. The molecule has 0 aliphatic heterocycles. The molecule has 1 fully saturated rings. The number of carbonyl (C=O) groups is 1. The van der Waals surface area contributed by atoms with Crippen molar-refractivity contribution < 1.29 is 9.53 Å². The summed E-state index contributed by atoms with van der Waals surface area (Å²) >= 11 is 0. The highest BCUT2D eigenvalue weighted by Crippen LogP contribution is 2.30. The zero-order chi connectivity index (χ0) is 19.9. The number of rotatable bonds is 7. The van der Waals surface area contributed by atoms with E-state index in [1.54, 1.807) is 0 Å². The van der Waals surface area contributed by atoms with Gasteiger partial charge in [0.05, 0.1) is 12.2 Å². The van der Waals surface area contributed by atoms with Gasteiger partial charge in [-0.25, -0.2) is 4.79 Å². The van der Waals surface area contributed by atoms with E-state index in [4.69, 9.17) is 4.74 Å². The number of ether oxygens (including phenoxy) is 1. The molecule has 0 amide bonds. The van der Waals surface area contributed by atoms with Gasteiger partial charge < -0.3 is 4.74 Å². The van der Waals surface area contributed by atoms with Crippen molar-refractivity contribution in [3.63, 3.8) is 0 Å². The van der Waals surface area contributed by atoms with E-state index in [1.165, 1.54) is 48.8 Å². The number of hydrogen-bond acceptors (Lipinski definition) is 3. The van der Waals surface area contributed by atoms with Gasteiger partial charge in [-0.1, -0.05) is 55.7 Å². The van der Waals surface area contributed by atoms with Gasteiger partial charge in [-0.3, -0.25) is 4.90 Å². The largest absolute Gasteiger partial charge is 0.462 e. The lowest BCUT2D eigenvalue weighted by Crippen LogP contribution is -2.41. The molecule has 150 valence electrons. The molecule has 2 aromatic carbocycles. The Morgan fingerprint density at radius 1 is 1.07 bits per heavy atom. The molecule has 1 aliphatic carbocycles. The second-order valence-electron chi connectivity index (χ2n) is 8.02. The normalized spacial score (nSPS) is 15.2. The fraction of sp³-hybridized carbons (Fsp3) is 0.480. The molecule has 1 saturated carbocycles. The Morgan fingerprint density at radius 2 is 1.79 bits per heavy atom. The van der Waals surface area contributed by atoms with E-state index in [1.807, 2.05) is 25.1 Å². The first-order chi connectivity index (χ1) is 13.6. The Bertz CT molecular complexity index is 763. The van der Waals surface area contributed by atoms with Crippen LogP contribution >= 0.6 is 0 Å². The van der Waals surface area contributed by atoms with Gasteiger partial charge in [-0.15, -0.1) is 0 Å². The van der Waals surface area contributed by atoms with Crippen LogP contribution in [0.4, 0.5) is 0 Å². The maximum absolute atomic E-state index is 12.3. The molecular formula is C25H33NO2. The number of esters is 1. The van der Waals surface area contributed by atoms with Crippen LogP contribution in [0.3, 0.4) is 0 Å². The average Bonchev–Trinajstić information content (AvgIpc) is 2.73. The summed E-state index contributed by atoms with van der Waals surface area (Å²) in [5.41, 5.74) is 4.25. The first-order valence-electron chi connectivity index (χ1n) is 10.7. The molecule has 28 heavy (non-hydrogen) atoms. The van der Waals surface area contributed by atoms with Gasteiger partial charge in [0.2, 0.25) is 0 Å². The summed E-state index contributed by atoms with van der Waals surface area (Å²) in [5, 5.41) is 0. The first-order valence-corrected chi connectivity index (χ1v) is 10.7. The Kier molecular flexibility index (Phi) is 7.27. The van der Waals surface area contributed by atoms with E-state index in [9.17, 15) is 4.79 Å². The standard InChI is InChI=1S/C25H33NO2/c1-4-28-25(27)21-15-16-24(20-11-7-5-8-12-20)22(17-21)18-26(19(2)3)23-13-9-6-10-14-23/h5,7-8,11-12,15-17,19,23H,4,6,9-10,13-14,18H2,1-3H3. The molecule has 1 aliphatic rings. The summed E-state index contributed by atoms with van der Waals surface area (Å²) in [6.45, 7) is 7.67. The molecule has 0 radical (unpaired) electrons. The van der Waals surface area contributed by atoms with Crippen LogP contribution in [0.1, 0.15) is 68.8 Å². The van der Waals surface area contributed by atoms with Crippen LogP contribution in [-0.2, 0) is 11.3 Å². The van der Waals surface area contributed by atoms with Crippen molar-refractivity contribution in [2.75, 3.05) is 6.61 Å². The molecule has 0 atom stereocenters. The zero-order valence-corrected chi connectivity index (χ0v) is 17.5. The van der Waals surface area contributed by atoms with Gasteiger partial charge in [0, 0.05) is 18.6 Å². The lowest BCUT2D eigenvalue weighted by Gasteiger charge is -2.37. The molecule has 0 aromatic heterocycles. The zero-order valence-electron chi connectivity index (χ0n) is 17.5. The summed E-state index contributed by atoms with van der Waals surface area (Å²) in [4.78, 5) is 15.0. The van der Waals surface area contributed by atoms with Crippen LogP contribution < -0.4 is 0 Å². The van der Waals surface area contributed by atoms with Crippen LogP contribution in [0, 0.1) is 0 Å². The van der Waals surface area contributed by atoms with Crippen molar-refractivity contribution in [2.24, 2.45) is 0 Å². The lowest BCUT2D eigenvalue weighted by atomic mass is 9.91. The highest BCUT2D eigenvalue weighted by atomic mass is 16.5. The third-order valence-corrected chi connectivity index (χ3v) is 5.76. The molecule has 0 heterocycles. The monoisotopic (exact) mass is 379 g/mol. The molecule has 0 spiro atoms. The van der Waals surface area contributed by atoms with Crippen molar-refractivity contribution in [1.29, 1.82) is 0 Å². The van der Waals surface area contributed by atoms with E-state index < -0.39 is 0 Å². The number of hydrogen-bond donors (Lipinski definition) is 0. The molecule has 0 N–H and O–H groups in total.